The normalized spacial score (nSPS) is 16.6. The van der Waals surface area contributed by atoms with Gasteiger partial charge in [-0.2, -0.15) is 0 Å². The summed E-state index contributed by atoms with van der Waals surface area (Å²) < 4.78 is 6.42. The van der Waals surface area contributed by atoms with Gasteiger partial charge in [0.25, 0.3) is 5.91 Å². The second kappa shape index (κ2) is 5.38. The van der Waals surface area contributed by atoms with Crippen LogP contribution in [0.15, 0.2) is 17.6 Å². The molecule has 0 spiro atoms. The van der Waals surface area contributed by atoms with E-state index < -0.39 is 0 Å². The molecule has 1 aliphatic heterocycles. The molecule has 3 rings (SSSR count). The molecule has 1 aromatic carbocycles. The molecule has 0 bridgehead atoms. The number of likely N-dealkylation sites (N-methyl/N-ethyl adjacent to an activating group) is 1. The minimum atomic E-state index is 0.0323. The van der Waals surface area contributed by atoms with Crippen LogP contribution in [0.1, 0.15) is 10.4 Å². The van der Waals surface area contributed by atoms with E-state index in [1.54, 1.807) is 24.0 Å². The molecule has 2 heterocycles. The molecule has 0 aliphatic carbocycles. The van der Waals surface area contributed by atoms with Crippen molar-refractivity contribution in [3.05, 3.63) is 23.2 Å². The van der Waals surface area contributed by atoms with Gasteiger partial charge in [-0.25, -0.2) is 4.98 Å². The minimum absolute atomic E-state index is 0.0323. The lowest BCUT2D eigenvalue weighted by molar-refractivity contribution is 0.0661. The van der Waals surface area contributed by atoms with Crippen molar-refractivity contribution in [2.45, 2.75) is 0 Å². The number of carbonyl (C=O) groups excluding carboxylic acids is 1. The molecule has 1 fully saturated rings. The van der Waals surface area contributed by atoms with Gasteiger partial charge in [0, 0.05) is 32.2 Å². The van der Waals surface area contributed by atoms with Crippen LogP contribution in [-0.4, -0.2) is 61.0 Å². The van der Waals surface area contributed by atoms with Crippen LogP contribution in [-0.2, 0) is 0 Å². The van der Waals surface area contributed by atoms with Gasteiger partial charge in [0.2, 0.25) is 0 Å². The van der Waals surface area contributed by atoms with E-state index in [1.165, 1.54) is 0 Å². The Hall–Kier alpha value is -1.66. The molecule has 0 N–H and O–H groups in total. The molecule has 0 unspecified atom stereocenters. The van der Waals surface area contributed by atoms with Crippen LogP contribution in [0, 0.1) is 0 Å². The van der Waals surface area contributed by atoms with Gasteiger partial charge < -0.3 is 14.5 Å². The maximum Gasteiger partial charge on any atom is 0.257 e. The third kappa shape index (κ3) is 2.36. The van der Waals surface area contributed by atoms with Crippen LogP contribution in [0.5, 0.6) is 5.75 Å². The lowest BCUT2D eigenvalue weighted by Gasteiger charge is -2.32. The number of ether oxygens (including phenoxy) is 1. The zero-order valence-corrected chi connectivity index (χ0v) is 12.4. The van der Waals surface area contributed by atoms with Crippen LogP contribution in [0.2, 0.25) is 0 Å². The van der Waals surface area contributed by atoms with E-state index >= 15 is 0 Å². The molecule has 1 aromatic heterocycles. The van der Waals surface area contributed by atoms with E-state index in [2.05, 4.69) is 16.9 Å². The minimum Gasteiger partial charge on any atom is -0.496 e. The first-order valence-electron chi connectivity index (χ1n) is 6.58. The van der Waals surface area contributed by atoms with Crippen LogP contribution < -0.4 is 4.74 Å². The quantitative estimate of drug-likeness (QED) is 0.845. The van der Waals surface area contributed by atoms with Crippen LogP contribution >= 0.6 is 11.3 Å². The summed E-state index contributed by atoms with van der Waals surface area (Å²) in [4.78, 5) is 21.0. The average Bonchev–Trinajstić information content (AvgIpc) is 2.93. The molecule has 1 saturated heterocycles. The first-order valence-corrected chi connectivity index (χ1v) is 7.46. The lowest BCUT2D eigenvalue weighted by Crippen LogP contribution is -2.47. The largest absolute Gasteiger partial charge is 0.496 e. The third-order valence-corrected chi connectivity index (χ3v) is 4.47. The number of fused-ring (bicyclic) bond motifs is 1. The van der Waals surface area contributed by atoms with E-state index in [4.69, 9.17) is 4.74 Å². The van der Waals surface area contributed by atoms with Crippen molar-refractivity contribution in [1.82, 2.24) is 14.8 Å². The summed E-state index contributed by atoms with van der Waals surface area (Å²) in [5.74, 6) is 0.663. The highest BCUT2D eigenvalue weighted by Crippen LogP contribution is 2.29. The second-order valence-electron chi connectivity index (χ2n) is 4.97. The molecule has 0 atom stereocenters. The summed E-state index contributed by atoms with van der Waals surface area (Å²) in [6.45, 7) is 3.33. The van der Waals surface area contributed by atoms with E-state index in [1.807, 2.05) is 17.0 Å². The number of piperazine rings is 1. The summed E-state index contributed by atoms with van der Waals surface area (Å²) in [6.07, 6.45) is 0. The topological polar surface area (TPSA) is 45.7 Å². The summed E-state index contributed by atoms with van der Waals surface area (Å²) in [6, 6.07) is 3.74. The fourth-order valence-electron chi connectivity index (χ4n) is 2.40. The number of carbonyl (C=O) groups is 1. The first kappa shape index (κ1) is 13.3. The number of methoxy groups -OCH3 is 1. The van der Waals surface area contributed by atoms with Crippen molar-refractivity contribution >= 4 is 27.5 Å². The molecule has 0 saturated carbocycles. The molecular weight excluding hydrogens is 274 g/mol. The Labute approximate surface area is 121 Å². The lowest BCUT2D eigenvalue weighted by atomic mass is 10.1. The Morgan fingerprint density at radius 1 is 1.30 bits per heavy atom. The average molecular weight is 291 g/mol. The van der Waals surface area contributed by atoms with Crippen LogP contribution in [0.3, 0.4) is 0 Å². The van der Waals surface area contributed by atoms with Crippen molar-refractivity contribution in [2.75, 3.05) is 40.3 Å². The Balaban J connectivity index is 1.93. The zero-order valence-electron chi connectivity index (χ0n) is 11.6. The Morgan fingerprint density at radius 2 is 2.05 bits per heavy atom. The number of benzene rings is 1. The van der Waals surface area contributed by atoms with Gasteiger partial charge in [-0.05, 0) is 13.1 Å². The van der Waals surface area contributed by atoms with Crippen LogP contribution in [0.25, 0.3) is 10.2 Å². The van der Waals surface area contributed by atoms with Gasteiger partial charge in [-0.15, -0.1) is 11.3 Å². The van der Waals surface area contributed by atoms with E-state index in [0.717, 1.165) is 36.4 Å². The van der Waals surface area contributed by atoms with E-state index in [9.17, 15) is 4.79 Å². The first-order chi connectivity index (χ1) is 9.69. The van der Waals surface area contributed by atoms with Gasteiger partial charge in [0.15, 0.2) is 0 Å². The molecule has 1 amide bonds. The maximum atomic E-state index is 12.7. The molecule has 20 heavy (non-hydrogen) atoms. The Morgan fingerprint density at radius 3 is 2.75 bits per heavy atom. The standard InChI is InChI=1S/C14H17N3O2S/c1-16-3-5-17(6-4-16)14(18)10-7-11-13(20-9-15-11)8-12(10)19-2/h7-9H,3-6H2,1-2H3. The second-order valence-corrected chi connectivity index (χ2v) is 5.85. The van der Waals surface area contributed by atoms with Gasteiger partial charge >= 0.3 is 0 Å². The number of thiazole rings is 1. The number of aromatic nitrogens is 1. The molecule has 1 aliphatic rings. The predicted octanol–water partition coefficient (Wildman–Crippen LogP) is 1.69. The zero-order chi connectivity index (χ0) is 14.1. The smallest absolute Gasteiger partial charge is 0.257 e. The molecule has 5 nitrogen and oxygen atoms in total. The van der Waals surface area contributed by atoms with Crippen LogP contribution in [0.4, 0.5) is 0 Å². The van der Waals surface area contributed by atoms with Crippen molar-refractivity contribution in [3.63, 3.8) is 0 Å². The Kier molecular flexibility index (Phi) is 3.58. The van der Waals surface area contributed by atoms with Crippen molar-refractivity contribution < 1.29 is 9.53 Å². The van der Waals surface area contributed by atoms with E-state index in [-0.39, 0.29) is 5.91 Å². The monoisotopic (exact) mass is 291 g/mol. The highest BCUT2D eigenvalue weighted by Gasteiger charge is 2.23. The van der Waals surface area contributed by atoms with Crippen molar-refractivity contribution in [2.24, 2.45) is 0 Å². The van der Waals surface area contributed by atoms with Gasteiger partial charge in [-0.3, -0.25) is 4.79 Å². The summed E-state index contributed by atoms with van der Waals surface area (Å²) >= 11 is 1.55. The summed E-state index contributed by atoms with van der Waals surface area (Å²) in [5, 5.41) is 0. The van der Waals surface area contributed by atoms with Gasteiger partial charge in [0.05, 0.1) is 28.4 Å². The number of hydrogen-bond donors (Lipinski definition) is 0. The molecule has 106 valence electrons. The third-order valence-electron chi connectivity index (χ3n) is 3.67. The number of rotatable bonds is 2. The molecule has 2 aromatic rings. The molecule has 6 heteroatoms. The fraction of sp³-hybridized carbons (Fsp3) is 0.429. The molecule has 0 radical (unpaired) electrons. The fourth-order valence-corrected chi connectivity index (χ4v) is 3.09. The summed E-state index contributed by atoms with van der Waals surface area (Å²) in [5.41, 5.74) is 3.25. The molecular formula is C14H17N3O2S. The van der Waals surface area contributed by atoms with Gasteiger partial charge in [-0.1, -0.05) is 0 Å². The number of amides is 1. The SMILES string of the molecule is COc1cc2scnc2cc1C(=O)N1CCN(C)CC1. The highest BCUT2D eigenvalue weighted by atomic mass is 32.1. The van der Waals surface area contributed by atoms with Crippen molar-refractivity contribution in [1.29, 1.82) is 0 Å². The maximum absolute atomic E-state index is 12.7. The summed E-state index contributed by atoms with van der Waals surface area (Å²) in [7, 11) is 3.67. The van der Waals surface area contributed by atoms with Gasteiger partial charge in [0.1, 0.15) is 5.75 Å². The highest BCUT2D eigenvalue weighted by molar-refractivity contribution is 7.16. The van der Waals surface area contributed by atoms with Crippen molar-refractivity contribution in [3.8, 4) is 5.75 Å². The number of nitrogens with zero attached hydrogens (tertiary/aromatic N) is 3. The van der Waals surface area contributed by atoms with E-state index in [0.29, 0.717) is 11.3 Å². The Bertz CT molecular complexity index is 632. The number of hydrogen-bond acceptors (Lipinski definition) is 5. The predicted molar refractivity (Wildman–Crippen MR) is 79.6 cm³/mol.